The zero-order chi connectivity index (χ0) is 18.1. The quantitative estimate of drug-likeness (QED) is 0.840. The van der Waals surface area contributed by atoms with Crippen LogP contribution in [0.25, 0.3) is 0 Å². The molecule has 2 aliphatic rings. The Hall–Kier alpha value is -2.48. The minimum Gasteiger partial charge on any atom is -0.391 e. The molecule has 4 heterocycles. The zero-order valence-electron chi connectivity index (χ0n) is 14.9. The molecule has 0 radical (unpaired) electrons. The molecule has 1 amide bonds. The number of H-pyrrole nitrogens is 1. The van der Waals surface area contributed by atoms with E-state index in [4.69, 9.17) is 0 Å². The lowest BCUT2D eigenvalue weighted by atomic mass is 10.0. The van der Waals surface area contributed by atoms with Gasteiger partial charge in [-0.1, -0.05) is 0 Å². The van der Waals surface area contributed by atoms with Gasteiger partial charge >= 0.3 is 0 Å². The first-order chi connectivity index (χ1) is 12.6. The lowest BCUT2D eigenvalue weighted by Crippen LogP contribution is -2.29. The van der Waals surface area contributed by atoms with Crippen molar-refractivity contribution >= 4 is 11.7 Å². The Bertz CT molecular complexity index is 785. The highest BCUT2D eigenvalue weighted by Gasteiger charge is 2.33. The monoisotopic (exact) mass is 356 g/mol. The fourth-order valence-corrected chi connectivity index (χ4v) is 3.78. The van der Waals surface area contributed by atoms with Crippen molar-refractivity contribution in [2.45, 2.75) is 32.3 Å². The lowest BCUT2D eigenvalue weighted by molar-refractivity contribution is 0.0786. The average Bonchev–Trinajstić information content (AvgIpc) is 3.38. The summed E-state index contributed by atoms with van der Waals surface area (Å²) < 4.78 is 0. The Morgan fingerprint density at radius 1 is 1.31 bits per heavy atom. The summed E-state index contributed by atoms with van der Waals surface area (Å²) in [7, 11) is 0. The highest BCUT2D eigenvalue weighted by molar-refractivity contribution is 5.92. The molecule has 0 unspecified atom stereocenters. The number of carbonyl (C=O) groups excluding carboxylic acids is 1. The minimum absolute atomic E-state index is 0.0554. The molecule has 2 aromatic heterocycles. The number of hydrogen-bond donors (Lipinski definition) is 2. The van der Waals surface area contributed by atoms with Crippen molar-refractivity contribution in [3.05, 3.63) is 35.5 Å². The molecule has 8 heteroatoms. The van der Waals surface area contributed by atoms with Gasteiger partial charge in [0.15, 0.2) is 0 Å². The van der Waals surface area contributed by atoms with E-state index in [-0.39, 0.29) is 11.8 Å². The number of rotatable bonds is 4. The summed E-state index contributed by atoms with van der Waals surface area (Å²) in [6.07, 6.45) is 5.54. The highest BCUT2D eigenvalue weighted by atomic mass is 16.3. The predicted octanol–water partition coefficient (Wildman–Crippen LogP) is 0.784. The molecule has 2 atom stereocenters. The number of carbonyl (C=O) groups is 1. The van der Waals surface area contributed by atoms with E-state index in [0.29, 0.717) is 31.0 Å². The fourth-order valence-electron chi connectivity index (χ4n) is 3.78. The maximum Gasteiger partial charge on any atom is 0.274 e. The van der Waals surface area contributed by atoms with Crippen LogP contribution < -0.4 is 4.90 Å². The number of aromatic amines is 1. The van der Waals surface area contributed by atoms with E-state index in [1.54, 1.807) is 6.20 Å². The number of aliphatic hydroxyl groups excluding tert-OH is 1. The molecule has 8 nitrogen and oxygen atoms in total. The Balaban J connectivity index is 1.46. The van der Waals surface area contributed by atoms with Crippen molar-refractivity contribution < 1.29 is 9.90 Å². The molecule has 4 rings (SSSR count). The number of β-amino-alcohol motifs (C(OH)–C–C–N with tert-alkyl or cyclic N) is 1. The summed E-state index contributed by atoms with van der Waals surface area (Å²) >= 11 is 0. The summed E-state index contributed by atoms with van der Waals surface area (Å²) in [5, 5.41) is 17.6. The third-order valence-corrected chi connectivity index (χ3v) is 5.20. The Kier molecular flexibility index (Phi) is 4.58. The van der Waals surface area contributed by atoms with Crippen LogP contribution in [0.4, 0.5) is 5.82 Å². The van der Waals surface area contributed by atoms with Crippen LogP contribution in [0, 0.1) is 12.8 Å². The van der Waals surface area contributed by atoms with E-state index in [0.717, 1.165) is 37.3 Å². The van der Waals surface area contributed by atoms with Gasteiger partial charge in [0.05, 0.1) is 24.2 Å². The Labute approximate surface area is 152 Å². The molecule has 2 saturated heterocycles. The molecule has 138 valence electrons. The molecular weight excluding hydrogens is 332 g/mol. The van der Waals surface area contributed by atoms with Crippen LogP contribution in [0.5, 0.6) is 0 Å². The normalized spacial score (nSPS) is 23.0. The van der Waals surface area contributed by atoms with E-state index in [2.05, 4.69) is 20.2 Å². The van der Waals surface area contributed by atoms with E-state index in [1.165, 1.54) is 6.20 Å². The first-order valence-electron chi connectivity index (χ1n) is 9.15. The van der Waals surface area contributed by atoms with Gasteiger partial charge in [0.2, 0.25) is 0 Å². The minimum atomic E-state index is -0.452. The van der Waals surface area contributed by atoms with Crippen LogP contribution >= 0.6 is 0 Å². The lowest BCUT2D eigenvalue weighted by Gasteiger charge is -2.19. The maximum absolute atomic E-state index is 12.5. The number of amides is 1. The van der Waals surface area contributed by atoms with Crippen molar-refractivity contribution in [1.82, 2.24) is 25.1 Å². The number of aryl methyl sites for hydroxylation is 1. The third kappa shape index (κ3) is 3.41. The second kappa shape index (κ2) is 7.03. The molecule has 26 heavy (non-hydrogen) atoms. The van der Waals surface area contributed by atoms with Gasteiger partial charge in [0.1, 0.15) is 11.5 Å². The van der Waals surface area contributed by atoms with Crippen LogP contribution in [0.3, 0.4) is 0 Å². The zero-order valence-corrected chi connectivity index (χ0v) is 14.9. The van der Waals surface area contributed by atoms with Gasteiger partial charge in [-0.2, -0.15) is 5.10 Å². The van der Waals surface area contributed by atoms with Gasteiger partial charge in [-0.3, -0.25) is 14.9 Å². The second-order valence-electron chi connectivity index (χ2n) is 7.24. The van der Waals surface area contributed by atoms with E-state index in [9.17, 15) is 9.90 Å². The van der Waals surface area contributed by atoms with Crippen molar-refractivity contribution in [3.8, 4) is 0 Å². The van der Waals surface area contributed by atoms with Crippen LogP contribution in [0.2, 0.25) is 0 Å². The smallest absolute Gasteiger partial charge is 0.274 e. The van der Waals surface area contributed by atoms with Gasteiger partial charge in [0.25, 0.3) is 5.91 Å². The van der Waals surface area contributed by atoms with Gasteiger partial charge < -0.3 is 14.9 Å². The van der Waals surface area contributed by atoms with Gasteiger partial charge in [-0.25, -0.2) is 4.98 Å². The van der Waals surface area contributed by atoms with Crippen molar-refractivity contribution in [3.63, 3.8) is 0 Å². The molecule has 0 saturated carbocycles. The topological polar surface area (TPSA) is 98.2 Å². The van der Waals surface area contributed by atoms with Gasteiger partial charge in [-0.05, 0) is 32.3 Å². The summed E-state index contributed by atoms with van der Waals surface area (Å²) in [6.45, 7) is 4.70. The summed E-state index contributed by atoms with van der Waals surface area (Å²) in [5.74, 6) is 0.674. The van der Waals surface area contributed by atoms with Crippen molar-refractivity contribution in [2.75, 3.05) is 31.1 Å². The number of aromatic nitrogens is 4. The molecule has 2 aromatic rings. The van der Waals surface area contributed by atoms with Crippen LogP contribution in [0.15, 0.2) is 18.5 Å². The number of nitrogens with zero attached hydrogens (tertiary/aromatic N) is 5. The highest BCUT2D eigenvalue weighted by Crippen LogP contribution is 2.25. The first kappa shape index (κ1) is 17.0. The molecule has 0 bridgehead atoms. The largest absolute Gasteiger partial charge is 0.391 e. The number of likely N-dealkylation sites (tertiary alicyclic amines) is 1. The molecule has 0 spiro atoms. The van der Waals surface area contributed by atoms with Crippen LogP contribution in [0.1, 0.15) is 34.7 Å². The predicted molar refractivity (Wildman–Crippen MR) is 95.9 cm³/mol. The fraction of sp³-hybridized carbons (Fsp3) is 0.556. The van der Waals surface area contributed by atoms with E-state index >= 15 is 0 Å². The molecular formula is C18H24N6O2. The molecule has 2 aliphatic heterocycles. The molecule has 0 aromatic carbocycles. The van der Waals surface area contributed by atoms with Gasteiger partial charge in [-0.15, -0.1) is 0 Å². The summed E-state index contributed by atoms with van der Waals surface area (Å²) in [6, 6.07) is 2.00. The summed E-state index contributed by atoms with van der Waals surface area (Å²) in [4.78, 5) is 25.1. The van der Waals surface area contributed by atoms with Crippen LogP contribution in [-0.2, 0) is 6.42 Å². The summed E-state index contributed by atoms with van der Waals surface area (Å²) in [5.41, 5.74) is 2.35. The van der Waals surface area contributed by atoms with Gasteiger partial charge in [0, 0.05) is 37.8 Å². The van der Waals surface area contributed by atoms with E-state index in [1.807, 2.05) is 22.8 Å². The maximum atomic E-state index is 12.5. The number of hydrogen-bond acceptors (Lipinski definition) is 6. The second-order valence-corrected chi connectivity index (χ2v) is 7.24. The molecule has 0 aliphatic carbocycles. The van der Waals surface area contributed by atoms with E-state index < -0.39 is 6.10 Å². The number of nitrogens with one attached hydrogen (secondary N) is 1. The SMILES string of the molecule is Cc1cc(C[C@@H]2CN(c3cncc(C(=O)N4CCCC4)n3)C[C@H]2O)n[nH]1. The Morgan fingerprint density at radius 3 is 2.85 bits per heavy atom. The molecule has 2 fully saturated rings. The van der Waals surface area contributed by atoms with Crippen LogP contribution in [-0.4, -0.2) is 68.4 Å². The van der Waals surface area contributed by atoms with Crippen molar-refractivity contribution in [1.29, 1.82) is 0 Å². The average molecular weight is 356 g/mol. The number of aliphatic hydroxyl groups is 1. The first-order valence-corrected chi connectivity index (χ1v) is 9.15. The Morgan fingerprint density at radius 2 is 2.12 bits per heavy atom. The number of anilines is 1. The standard InChI is InChI=1S/C18H24N6O2/c1-12-6-14(22-21-12)7-13-10-24(11-16(13)25)17-9-19-8-15(20-17)18(26)23-4-2-3-5-23/h6,8-9,13,16,25H,2-5,7,10-11H2,1H3,(H,21,22)/t13-,16-/m1/s1. The molecule has 2 N–H and O–H groups in total. The van der Waals surface area contributed by atoms with Crippen molar-refractivity contribution in [2.24, 2.45) is 5.92 Å². The third-order valence-electron chi connectivity index (χ3n) is 5.20.